The van der Waals surface area contributed by atoms with Crippen LogP contribution in [-0.2, 0) is 0 Å². The van der Waals surface area contributed by atoms with Crippen LogP contribution in [0, 0.1) is 11.8 Å². The highest BCUT2D eigenvalue weighted by Gasteiger charge is 2.34. The Balaban J connectivity index is 1.49. The van der Waals surface area contributed by atoms with Gasteiger partial charge >= 0.3 is 0 Å². The first-order valence-electron chi connectivity index (χ1n) is 8.94. The molecule has 0 bridgehead atoms. The topological polar surface area (TPSA) is 32.5 Å². The van der Waals surface area contributed by atoms with E-state index in [0.717, 1.165) is 30.5 Å². The minimum atomic E-state index is 0.761. The lowest BCUT2D eigenvalue weighted by Crippen LogP contribution is -2.59. The van der Waals surface area contributed by atoms with Gasteiger partial charge < -0.3 is 5.73 Å². The largest absolute Gasteiger partial charge is 0.330 e. The predicted molar refractivity (Wildman–Crippen MR) is 84.7 cm³/mol. The third kappa shape index (κ3) is 3.37. The third-order valence-electron chi connectivity index (χ3n) is 6.11. The zero-order valence-electron chi connectivity index (χ0n) is 13.3. The number of hydrogen-bond acceptors (Lipinski definition) is 3. The Kier molecular flexibility index (Phi) is 5.00. The maximum Gasteiger partial charge on any atom is 0.0223 e. The van der Waals surface area contributed by atoms with Crippen LogP contribution in [0.1, 0.15) is 51.9 Å². The average Bonchev–Trinajstić information content (AvgIpc) is 2.49. The van der Waals surface area contributed by atoms with Gasteiger partial charge in [-0.25, -0.2) is 0 Å². The second-order valence-corrected chi connectivity index (χ2v) is 7.57. The fraction of sp³-hybridized carbons (Fsp3) is 1.00. The molecule has 20 heavy (non-hydrogen) atoms. The molecule has 0 aromatic carbocycles. The van der Waals surface area contributed by atoms with Crippen molar-refractivity contribution in [3.63, 3.8) is 0 Å². The molecule has 3 fully saturated rings. The number of fused-ring (bicyclic) bond motifs is 1. The molecular formula is C17H33N3. The molecule has 2 heterocycles. The number of hydrogen-bond donors (Lipinski definition) is 1. The van der Waals surface area contributed by atoms with Crippen LogP contribution in [-0.4, -0.2) is 54.6 Å². The molecule has 2 saturated heterocycles. The van der Waals surface area contributed by atoms with E-state index in [1.54, 1.807) is 0 Å². The Hall–Kier alpha value is -0.120. The van der Waals surface area contributed by atoms with Gasteiger partial charge in [0, 0.05) is 31.7 Å². The zero-order chi connectivity index (χ0) is 13.9. The standard InChI is InChI=1S/C17H33N3/c1-14-11-19-9-3-2-4-17(19)13-20(14)12-16-7-5-15(10-18)6-8-16/h14-17H,2-13,18H2,1H3. The minimum absolute atomic E-state index is 0.761. The SMILES string of the molecule is CC1CN2CCCCC2CN1CC1CCC(CN)CC1. The van der Waals surface area contributed by atoms with Gasteiger partial charge in [0.05, 0.1) is 0 Å². The van der Waals surface area contributed by atoms with Crippen LogP contribution in [0.15, 0.2) is 0 Å². The van der Waals surface area contributed by atoms with E-state index in [4.69, 9.17) is 5.73 Å². The number of nitrogens with zero attached hydrogens (tertiary/aromatic N) is 2. The van der Waals surface area contributed by atoms with Crippen LogP contribution >= 0.6 is 0 Å². The Morgan fingerprint density at radius 3 is 2.45 bits per heavy atom. The Bertz CT molecular complexity index is 299. The summed E-state index contributed by atoms with van der Waals surface area (Å²) in [7, 11) is 0. The van der Waals surface area contributed by atoms with Crippen molar-refractivity contribution < 1.29 is 0 Å². The van der Waals surface area contributed by atoms with Gasteiger partial charge in [-0.3, -0.25) is 9.80 Å². The molecule has 0 amide bonds. The van der Waals surface area contributed by atoms with Crippen molar-refractivity contribution in [3.05, 3.63) is 0 Å². The van der Waals surface area contributed by atoms with Gasteiger partial charge in [-0.05, 0) is 70.4 Å². The smallest absolute Gasteiger partial charge is 0.0223 e. The quantitative estimate of drug-likeness (QED) is 0.860. The molecule has 0 radical (unpaired) electrons. The van der Waals surface area contributed by atoms with Crippen LogP contribution in [0.25, 0.3) is 0 Å². The molecule has 1 aliphatic carbocycles. The first-order chi connectivity index (χ1) is 9.76. The zero-order valence-corrected chi connectivity index (χ0v) is 13.3. The average molecular weight is 279 g/mol. The summed E-state index contributed by atoms with van der Waals surface area (Å²) in [4.78, 5) is 5.57. The number of piperazine rings is 1. The van der Waals surface area contributed by atoms with Gasteiger partial charge in [0.1, 0.15) is 0 Å². The molecule has 2 aliphatic heterocycles. The van der Waals surface area contributed by atoms with Crippen LogP contribution < -0.4 is 5.73 Å². The van der Waals surface area contributed by atoms with E-state index in [9.17, 15) is 0 Å². The van der Waals surface area contributed by atoms with Gasteiger partial charge in [0.2, 0.25) is 0 Å². The van der Waals surface area contributed by atoms with Crippen LogP contribution in [0.4, 0.5) is 0 Å². The van der Waals surface area contributed by atoms with Crippen molar-refractivity contribution in [2.24, 2.45) is 17.6 Å². The first-order valence-corrected chi connectivity index (χ1v) is 8.94. The Morgan fingerprint density at radius 1 is 0.950 bits per heavy atom. The van der Waals surface area contributed by atoms with Crippen molar-refractivity contribution in [2.45, 2.75) is 64.0 Å². The summed E-state index contributed by atoms with van der Waals surface area (Å²) in [5, 5.41) is 0. The fourth-order valence-corrected chi connectivity index (χ4v) is 4.65. The molecule has 3 nitrogen and oxygen atoms in total. The fourth-order valence-electron chi connectivity index (χ4n) is 4.65. The molecule has 3 aliphatic rings. The third-order valence-corrected chi connectivity index (χ3v) is 6.11. The van der Waals surface area contributed by atoms with Crippen molar-refractivity contribution in [1.82, 2.24) is 9.80 Å². The molecule has 2 N–H and O–H groups in total. The van der Waals surface area contributed by atoms with E-state index < -0.39 is 0 Å². The lowest BCUT2D eigenvalue weighted by Gasteiger charge is -2.48. The second kappa shape index (κ2) is 6.76. The Labute approximate surface area is 124 Å². The molecule has 3 rings (SSSR count). The van der Waals surface area contributed by atoms with E-state index in [0.29, 0.717) is 0 Å². The lowest BCUT2D eigenvalue weighted by molar-refractivity contribution is 0.00379. The van der Waals surface area contributed by atoms with E-state index in [-0.39, 0.29) is 0 Å². The van der Waals surface area contributed by atoms with E-state index in [1.807, 2.05) is 0 Å². The van der Waals surface area contributed by atoms with Gasteiger partial charge in [-0.2, -0.15) is 0 Å². The van der Waals surface area contributed by atoms with Gasteiger partial charge in [0.15, 0.2) is 0 Å². The highest BCUT2D eigenvalue weighted by atomic mass is 15.3. The summed E-state index contributed by atoms with van der Waals surface area (Å²) in [5.41, 5.74) is 5.81. The van der Waals surface area contributed by atoms with Crippen molar-refractivity contribution in [1.29, 1.82) is 0 Å². The van der Waals surface area contributed by atoms with Crippen LogP contribution in [0.5, 0.6) is 0 Å². The van der Waals surface area contributed by atoms with Gasteiger partial charge in [-0.1, -0.05) is 6.42 Å². The first kappa shape index (κ1) is 14.8. The molecule has 1 saturated carbocycles. The van der Waals surface area contributed by atoms with Crippen LogP contribution in [0.3, 0.4) is 0 Å². The number of nitrogens with two attached hydrogens (primary N) is 1. The molecule has 0 aromatic rings. The summed E-state index contributed by atoms with van der Waals surface area (Å²) < 4.78 is 0. The lowest BCUT2D eigenvalue weighted by atomic mass is 9.81. The maximum atomic E-state index is 5.81. The molecular weight excluding hydrogens is 246 g/mol. The summed E-state index contributed by atoms with van der Waals surface area (Å²) >= 11 is 0. The van der Waals surface area contributed by atoms with Crippen molar-refractivity contribution >= 4 is 0 Å². The summed E-state index contributed by atoms with van der Waals surface area (Å²) in [5.74, 6) is 1.76. The summed E-state index contributed by atoms with van der Waals surface area (Å²) in [6.45, 7) is 8.69. The molecule has 2 atom stereocenters. The van der Waals surface area contributed by atoms with Crippen LogP contribution in [0.2, 0.25) is 0 Å². The van der Waals surface area contributed by atoms with E-state index in [1.165, 1.54) is 71.1 Å². The normalized spacial score (nSPS) is 40.5. The molecule has 2 unspecified atom stereocenters. The summed E-state index contributed by atoms with van der Waals surface area (Å²) in [6, 6.07) is 1.62. The van der Waals surface area contributed by atoms with Crippen molar-refractivity contribution in [2.75, 3.05) is 32.7 Å². The van der Waals surface area contributed by atoms with Crippen molar-refractivity contribution in [3.8, 4) is 0 Å². The minimum Gasteiger partial charge on any atom is -0.330 e. The predicted octanol–water partition coefficient (Wildman–Crippen LogP) is 2.31. The Morgan fingerprint density at radius 2 is 1.70 bits per heavy atom. The van der Waals surface area contributed by atoms with E-state index >= 15 is 0 Å². The highest BCUT2D eigenvalue weighted by Crippen LogP contribution is 2.31. The highest BCUT2D eigenvalue weighted by molar-refractivity contribution is 4.90. The molecule has 0 aromatic heterocycles. The van der Waals surface area contributed by atoms with E-state index in [2.05, 4.69) is 16.7 Å². The number of rotatable bonds is 3. The molecule has 0 spiro atoms. The van der Waals surface area contributed by atoms with Gasteiger partial charge in [0.25, 0.3) is 0 Å². The monoisotopic (exact) mass is 279 g/mol. The summed E-state index contributed by atoms with van der Waals surface area (Å²) in [6.07, 6.45) is 9.89. The van der Waals surface area contributed by atoms with Gasteiger partial charge in [-0.15, -0.1) is 0 Å². The second-order valence-electron chi connectivity index (χ2n) is 7.57. The maximum absolute atomic E-state index is 5.81. The molecule has 116 valence electrons. The molecule has 3 heteroatoms. The number of piperidine rings is 1.